The summed E-state index contributed by atoms with van der Waals surface area (Å²) >= 11 is 0. The molecule has 0 radical (unpaired) electrons. The van der Waals surface area contributed by atoms with Crippen molar-refractivity contribution >= 4 is 0 Å². The van der Waals surface area contributed by atoms with E-state index in [1.165, 1.54) is 5.56 Å². The zero-order chi connectivity index (χ0) is 13.5. The van der Waals surface area contributed by atoms with Crippen LogP contribution in [0.1, 0.15) is 16.7 Å². The summed E-state index contributed by atoms with van der Waals surface area (Å²) in [6.07, 6.45) is 0. The molecule has 0 heterocycles. The molecule has 2 rings (SSSR count). The Labute approximate surface area is 114 Å². The lowest BCUT2D eigenvalue weighted by atomic mass is 10.1. The van der Waals surface area contributed by atoms with Crippen LogP contribution < -0.4 is 10.5 Å². The minimum Gasteiger partial charge on any atom is -0.489 e. The Bertz CT molecular complexity index is 608. The van der Waals surface area contributed by atoms with Gasteiger partial charge >= 0.3 is 0 Å². The highest BCUT2D eigenvalue weighted by atomic mass is 16.5. The highest BCUT2D eigenvalue weighted by Crippen LogP contribution is 2.14. The van der Waals surface area contributed by atoms with Crippen molar-refractivity contribution in [2.75, 3.05) is 6.54 Å². The van der Waals surface area contributed by atoms with Crippen molar-refractivity contribution in [1.82, 2.24) is 0 Å². The lowest BCUT2D eigenvalue weighted by Crippen LogP contribution is -1.96. The smallest absolute Gasteiger partial charge is 0.120 e. The summed E-state index contributed by atoms with van der Waals surface area (Å²) in [5.41, 5.74) is 8.63. The summed E-state index contributed by atoms with van der Waals surface area (Å²) in [6, 6.07) is 16.0. The molecule has 2 heteroatoms. The van der Waals surface area contributed by atoms with Crippen molar-refractivity contribution in [3.63, 3.8) is 0 Å². The molecule has 2 N–H and O–H groups in total. The van der Waals surface area contributed by atoms with Gasteiger partial charge in [-0.1, -0.05) is 36.1 Å². The summed E-state index contributed by atoms with van der Waals surface area (Å²) < 4.78 is 5.76. The zero-order valence-electron chi connectivity index (χ0n) is 11.0. The van der Waals surface area contributed by atoms with Gasteiger partial charge in [-0.3, -0.25) is 0 Å². The van der Waals surface area contributed by atoms with E-state index in [0.717, 1.165) is 16.9 Å². The van der Waals surface area contributed by atoms with Crippen molar-refractivity contribution in [2.24, 2.45) is 5.73 Å². The number of hydrogen-bond donors (Lipinski definition) is 1. The van der Waals surface area contributed by atoms with Gasteiger partial charge in [-0.15, -0.1) is 0 Å². The molecule has 0 unspecified atom stereocenters. The monoisotopic (exact) mass is 251 g/mol. The van der Waals surface area contributed by atoms with Gasteiger partial charge in [0.2, 0.25) is 0 Å². The third kappa shape index (κ3) is 4.17. The van der Waals surface area contributed by atoms with Crippen molar-refractivity contribution in [3.05, 3.63) is 65.2 Å². The van der Waals surface area contributed by atoms with Crippen molar-refractivity contribution in [1.29, 1.82) is 0 Å². The summed E-state index contributed by atoms with van der Waals surface area (Å²) in [5.74, 6) is 6.76. The molecule has 0 saturated heterocycles. The van der Waals surface area contributed by atoms with E-state index in [2.05, 4.69) is 24.8 Å². The molecule has 0 spiro atoms. The van der Waals surface area contributed by atoms with E-state index < -0.39 is 0 Å². The molecule has 0 saturated carbocycles. The maximum absolute atomic E-state index is 5.76. The Morgan fingerprint density at radius 2 is 1.95 bits per heavy atom. The van der Waals surface area contributed by atoms with E-state index in [0.29, 0.717) is 13.2 Å². The molecule has 0 aliphatic carbocycles. The zero-order valence-corrected chi connectivity index (χ0v) is 11.0. The topological polar surface area (TPSA) is 35.2 Å². The molecular formula is C17H17NO. The van der Waals surface area contributed by atoms with Crippen LogP contribution in [0.15, 0.2) is 48.5 Å². The van der Waals surface area contributed by atoms with Gasteiger partial charge in [0.05, 0.1) is 6.54 Å². The first-order valence-corrected chi connectivity index (χ1v) is 6.25. The van der Waals surface area contributed by atoms with Gasteiger partial charge in [-0.2, -0.15) is 0 Å². The molecular weight excluding hydrogens is 234 g/mol. The van der Waals surface area contributed by atoms with Crippen LogP contribution in [-0.2, 0) is 6.61 Å². The molecule has 2 aromatic carbocycles. The van der Waals surface area contributed by atoms with E-state index in [9.17, 15) is 0 Å². The van der Waals surface area contributed by atoms with E-state index in [1.54, 1.807) is 0 Å². The Hall–Kier alpha value is -2.24. The molecule has 0 fully saturated rings. The second-order valence-electron chi connectivity index (χ2n) is 4.31. The fourth-order valence-corrected chi connectivity index (χ4v) is 1.76. The third-order valence-electron chi connectivity index (χ3n) is 2.66. The van der Waals surface area contributed by atoms with Crippen LogP contribution in [-0.4, -0.2) is 6.54 Å². The van der Waals surface area contributed by atoms with Gasteiger partial charge in [-0.05, 0) is 42.3 Å². The quantitative estimate of drug-likeness (QED) is 0.851. The van der Waals surface area contributed by atoms with Crippen LogP contribution in [0.5, 0.6) is 5.75 Å². The molecule has 2 nitrogen and oxygen atoms in total. The molecule has 0 aliphatic heterocycles. The van der Waals surface area contributed by atoms with Crippen LogP contribution in [0.25, 0.3) is 0 Å². The van der Waals surface area contributed by atoms with Crippen LogP contribution in [0, 0.1) is 18.8 Å². The van der Waals surface area contributed by atoms with E-state index in [-0.39, 0.29) is 0 Å². The predicted octanol–water partition coefficient (Wildman–Crippen LogP) is 2.88. The summed E-state index contributed by atoms with van der Waals surface area (Å²) in [6.45, 7) is 2.97. The largest absolute Gasteiger partial charge is 0.489 e. The van der Waals surface area contributed by atoms with Gasteiger partial charge < -0.3 is 10.5 Å². The van der Waals surface area contributed by atoms with Crippen LogP contribution in [0.3, 0.4) is 0 Å². The standard InChI is InChI=1S/C17H17NO/c1-14-5-2-9-17(11-14)19-13-16-7-3-6-15(12-16)8-4-10-18/h2-3,5-7,9,11-12H,10,13,18H2,1H3. The molecule has 0 atom stereocenters. The number of nitrogens with two attached hydrogens (primary N) is 1. The first kappa shape index (κ1) is 13.2. The molecule has 96 valence electrons. The van der Waals surface area contributed by atoms with Gasteiger partial charge in [0, 0.05) is 5.56 Å². The Kier molecular flexibility index (Phi) is 4.60. The van der Waals surface area contributed by atoms with Gasteiger partial charge in [0.15, 0.2) is 0 Å². The molecule has 0 aliphatic rings. The van der Waals surface area contributed by atoms with Gasteiger partial charge in [0.25, 0.3) is 0 Å². The minimum atomic E-state index is 0.379. The fraction of sp³-hybridized carbons (Fsp3) is 0.176. The molecule has 0 bridgehead atoms. The summed E-state index contributed by atoms with van der Waals surface area (Å²) in [5, 5.41) is 0. The van der Waals surface area contributed by atoms with Crippen LogP contribution >= 0.6 is 0 Å². The highest BCUT2D eigenvalue weighted by molar-refractivity contribution is 5.37. The number of hydrogen-bond acceptors (Lipinski definition) is 2. The molecule has 2 aromatic rings. The first-order valence-electron chi connectivity index (χ1n) is 6.25. The lowest BCUT2D eigenvalue weighted by molar-refractivity contribution is 0.306. The second kappa shape index (κ2) is 6.63. The predicted molar refractivity (Wildman–Crippen MR) is 77.9 cm³/mol. The Balaban J connectivity index is 2.03. The maximum Gasteiger partial charge on any atom is 0.120 e. The van der Waals surface area contributed by atoms with E-state index in [4.69, 9.17) is 10.5 Å². The number of aryl methyl sites for hydroxylation is 1. The molecule has 0 amide bonds. The average Bonchev–Trinajstić information content (AvgIpc) is 2.43. The molecule has 19 heavy (non-hydrogen) atoms. The van der Waals surface area contributed by atoms with Gasteiger partial charge in [0.1, 0.15) is 12.4 Å². The number of rotatable bonds is 3. The SMILES string of the molecule is Cc1cccc(OCc2cccc(C#CCN)c2)c1. The van der Waals surface area contributed by atoms with Gasteiger partial charge in [-0.25, -0.2) is 0 Å². The normalized spacial score (nSPS) is 9.58. The lowest BCUT2D eigenvalue weighted by Gasteiger charge is -2.07. The first-order chi connectivity index (χ1) is 9.28. The maximum atomic E-state index is 5.76. The Morgan fingerprint density at radius 3 is 2.74 bits per heavy atom. The Morgan fingerprint density at radius 1 is 1.11 bits per heavy atom. The summed E-state index contributed by atoms with van der Waals surface area (Å²) in [7, 11) is 0. The second-order valence-corrected chi connectivity index (χ2v) is 4.31. The molecule has 0 aromatic heterocycles. The van der Waals surface area contributed by atoms with Crippen molar-refractivity contribution in [3.8, 4) is 17.6 Å². The third-order valence-corrected chi connectivity index (χ3v) is 2.66. The number of benzene rings is 2. The average molecular weight is 251 g/mol. The van der Waals surface area contributed by atoms with Crippen molar-refractivity contribution < 1.29 is 4.74 Å². The van der Waals surface area contributed by atoms with E-state index in [1.807, 2.05) is 42.5 Å². The highest BCUT2D eigenvalue weighted by Gasteiger charge is 1.97. The fourth-order valence-electron chi connectivity index (χ4n) is 1.76. The number of ether oxygens (including phenoxy) is 1. The van der Waals surface area contributed by atoms with E-state index >= 15 is 0 Å². The summed E-state index contributed by atoms with van der Waals surface area (Å²) in [4.78, 5) is 0. The minimum absolute atomic E-state index is 0.379. The van der Waals surface area contributed by atoms with Crippen molar-refractivity contribution in [2.45, 2.75) is 13.5 Å². The van der Waals surface area contributed by atoms with Crippen LogP contribution in [0.2, 0.25) is 0 Å². The van der Waals surface area contributed by atoms with Crippen LogP contribution in [0.4, 0.5) is 0 Å².